The van der Waals surface area contributed by atoms with Gasteiger partial charge in [-0.25, -0.2) is 0 Å². The molecule has 0 amide bonds. The van der Waals surface area contributed by atoms with Gasteiger partial charge in [-0.2, -0.15) is 0 Å². The topological polar surface area (TPSA) is 17.1 Å². The highest BCUT2D eigenvalue weighted by Crippen LogP contribution is 2.50. The molecule has 3 heteroatoms. The lowest BCUT2D eigenvalue weighted by Crippen LogP contribution is -2.45. The first-order valence-electron chi connectivity index (χ1n) is 4.08. The molecule has 0 spiro atoms. The zero-order valence-electron chi connectivity index (χ0n) is 6.84. The predicted molar refractivity (Wildman–Crippen MR) is 53.2 cm³/mol. The number of Topliss-reactive ketones (excluding diaryl/α,β-unsaturated/α-hetero) is 1. The molecule has 1 atom stereocenters. The molecule has 1 aromatic carbocycles. The van der Waals surface area contributed by atoms with Crippen molar-refractivity contribution < 1.29 is 4.79 Å². The lowest BCUT2D eigenvalue weighted by Gasteiger charge is -2.38. The first kappa shape index (κ1) is 9.04. The quantitative estimate of drug-likeness (QED) is 0.658. The van der Waals surface area contributed by atoms with Crippen LogP contribution in [0.3, 0.4) is 0 Å². The van der Waals surface area contributed by atoms with Gasteiger partial charge in [0.15, 0.2) is 10.1 Å². The lowest BCUT2D eigenvalue weighted by molar-refractivity contribution is -0.125. The van der Waals surface area contributed by atoms with Gasteiger partial charge in [0.05, 0.1) is 0 Å². The second-order valence-corrected chi connectivity index (χ2v) is 4.60. The predicted octanol–water partition coefficient (Wildman–Crippen LogP) is 2.92. The summed E-state index contributed by atoms with van der Waals surface area (Å²) in [5.74, 6) is -0.116. The van der Waals surface area contributed by atoms with Gasteiger partial charge in [0.2, 0.25) is 0 Å². The lowest BCUT2D eigenvalue weighted by atomic mass is 9.78. The number of alkyl halides is 2. The summed E-state index contributed by atoms with van der Waals surface area (Å²) in [4.78, 5) is 11.1. The van der Waals surface area contributed by atoms with Crippen molar-refractivity contribution in [1.82, 2.24) is 0 Å². The molecule has 68 valence electrons. The van der Waals surface area contributed by atoms with Crippen LogP contribution in [0.2, 0.25) is 0 Å². The average molecular weight is 215 g/mol. The molecule has 0 radical (unpaired) electrons. The third-order valence-electron chi connectivity index (χ3n) is 2.40. The van der Waals surface area contributed by atoms with Gasteiger partial charge in [-0.3, -0.25) is 4.79 Å². The number of ketones is 1. The van der Waals surface area contributed by atoms with E-state index in [2.05, 4.69) is 0 Å². The summed E-state index contributed by atoms with van der Waals surface area (Å²) in [5.41, 5.74) is 1.03. The van der Waals surface area contributed by atoms with Gasteiger partial charge in [0.1, 0.15) is 0 Å². The summed E-state index contributed by atoms with van der Waals surface area (Å²) >= 11 is 11.7. The normalized spacial score (nSPS) is 25.4. The van der Waals surface area contributed by atoms with E-state index in [1.165, 1.54) is 0 Å². The van der Waals surface area contributed by atoms with Crippen molar-refractivity contribution in [3.63, 3.8) is 0 Å². The van der Waals surface area contributed by atoms with Crippen LogP contribution in [0.4, 0.5) is 0 Å². The summed E-state index contributed by atoms with van der Waals surface area (Å²) in [7, 11) is 0. The van der Waals surface area contributed by atoms with Crippen molar-refractivity contribution in [2.45, 2.75) is 16.7 Å². The SMILES string of the molecule is O=C1C[C@H](c2ccccc2)C1(Cl)Cl. The van der Waals surface area contributed by atoms with E-state index >= 15 is 0 Å². The number of carbonyl (C=O) groups excluding carboxylic acids is 1. The van der Waals surface area contributed by atoms with Crippen molar-refractivity contribution in [3.05, 3.63) is 35.9 Å². The fourth-order valence-electron chi connectivity index (χ4n) is 1.53. The summed E-state index contributed by atoms with van der Waals surface area (Å²) in [6.45, 7) is 0. The molecule has 0 unspecified atom stereocenters. The van der Waals surface area contributed by atoms with Crippen LogP contribution in [0.1, 0.15) is 17.9 Å². The third kappa shape index (κ3) is 1.36. The third-order valence-corrected chi connectivity index (χ3v) is 3.35. The Balaban J connectivity index is 2.27. The van der Waals surface area contributed by atoms with E-state index in [-0.39, 0.29) is 11.7 Å². The van der Waals surface area contributed by atoms with Crippen molar-refractivity contribution in [2.75, 3.05) is 0 Å². The Kier molecular flexibility index (Phi) is 2.09. The van der Waals surface area contributed by atoms with Crippen LogP contribution in [0.5, 0.6) is 0 Å². The zero-order valence-corrected chi connectivity index (χ0v) is 8.35. The van der Waals surface area contributed by atoms with Crippen molar-refractivity contribution in [1.29, 1.82) is 0 Å². The van der Waals surface area contributed by atoms with Crippen LogP contribution in [-0.4, -0.2) is 10.1 Å². The maximum absolute atomic E-state index is 11.1. The van der Waals surface area contributed by atoms with E-state index in [0.717, 1.165) is 5.56 Å². The van der Waals surface area contributed by atoms with Crippen LogP contribution in [0, 0.1) is 0 Å². The van der Waals surface area contributed by atoms with E-state index in [1.54, 1.807) is 0 Å². The van der Waals surface area contributed by atoms with Crippen LogP contribution < -0.4 is 0 Å². The summed E-state index contributed by atoms with van der Waals surface area (Å²) in [6.07, 6.45) is 0.455. The summed E-state index contributed by atoms with van der Waals surface area (Å²) in [5, 5.41) is 0. The molecular formula is C10H8Cl2O. The van der Waals surface area contributed by atoms with Gasteiger partial charge in [0.25, 0.3) is 0 Å². The van der Waals surface area contributed by atoms with Crippen molar-refractivity contribution in [3.8, 4) is 0 Å². The van der Waals surface area contributed by atoms with Crippen molar-refractivity contribution >= 4 is 29.0 Å². The standard InChI is InChI=1S/C10H8Cl2O/c11-10(12)8(6-9(10)13)7-4-2-1-3-5-7/h1-5,8H,6H2/t8-/m1/s1. The van der Waals surface area contributed by atoms with Gasteiger partial charge in [-0.15, -0.1) is 0 Å². The summed E-state index contributed by atoms with van der Waals surface area (Å²) in [6, 6.07) is 9.64. The number of carbonyl (C=O) groups is 1. The van der Waals surface area contributed by atoms with Crippen LogP contribution >= 0.6 is 23.2 Å². The second-order valence-electron chi connectivity index (χ2n) is 3.21. The maximum Gasteiger partial charge on any atom is 0.183 e. The molecule has 1 fully saturated rings. The first-order chi connectivity index (χ1) is 6.12. The molecule has 0 bridgehead atoms. The van der Waals surface area contributed by atoms with Gasteiger partial charge >= 0.3 is 0 Å². The smallest absolute Gasteiger partial charge is 0.183 e. The minimum Gasteiger partial charge on any atom is -0.296 e. The fraction of sp³-hybridized carbons (Fsp3) is 0.300. The van der Waals surface area contributed by atoms with Crippen LogP contribution in [0.25, 0.3) is 0 Å². The number of halogens is 2. The average Bonchev–Trinajstić information content (AvgIpc) is 2.15. The fourth-order valence-corrected chi connectivity index (χ4v) is 2.09. The highest BCUT2D eigenvalue weighted by molar-refractivity contribution is 6.61. The Hall–Kier alpha value is -0.530. The molecule has 1 saturated carbocycles. The number of benzene rings is 1. The molecule has 1 nitrogen and oxygen atoms in total. The van der Waals surface area contributed by atoms with Crippen molar-refractivity contribution in [2.24, 2.45) is 0 Å². The van der Waals surface area contributed by atoms with E-state index in [0.29, 0.717) is 6.42 Å². The van der Waals surface area contributed by atoms with E-state index < -0.39 is 4.33 Å². The Morgan fingerprint density at radius 3 is 2.31 bits per heavy atom. The molecule has 0 N–H and O–H groups in total. The molecule has 0 aliphatic heterocycles. The van der Waals surface area contributed by atoms with E-state index in [4.69, 9.17) is 23.2 Å². The first-order valence-corrected chi connectivity index (χ1v) is 4.84. The van der Waals surface area contributed by atoms with Gasteiger partial charge in [-0.05, 0) is 5.56 Å². The molecule has 1 aromatic rings. The molecular weight excluding hydrogens is 207 g/mol. The number of rotatable bonds is 1. The van der Waals surface area contributed by atoms with Gasteiger partial charge in [-0.1, -0.05) is 53.5 Å². The molecule has 13 heavy (non-hydrogen) atoms. The minimum absolute atomic E-state index is 0.0375. The molecule has 1 aliphatic carbocycles. The summed E-state index contributed by atoms with van der Waals surface area (Å²) < 4.78 is -1.19. The van der Waals surface area contributed by atoms with E-state index in [9.17, 15) is 4.79 Å². The maximum atomic E-state index is 11.1. The van der Waals surface area contributed by atoms with Gasteiger partial charge < -0.3 is 0 Å². The Bertz CT molecular complexity index is 332. The van der Waals surface area contributed by atoms with E-state index in [1.807, 2.05) is 30.3 Å². The number of hydrogen-bond donors (Lipinski definition) is 0. The minimum atomic E-state index is -1.19. The molecule has 1 aliphatic rings. The van der Waals surface area contributed by atoms with Crippen LogP contribution in [-0.2, 0) is 4.79 Å². The molecule has 2 rings (SSSR count). The Morgan fingerprint density at radius 1 is 1.23 bits per heavy atom. The zero-order chi connectivity index (χ0) is 9.47. The second kappa shape index (κ2) is 3.00. The number of hydrogen-bond acceptors (Lipinski definition) is 1. The highest BCUT2D eigenvalue weighted by atomic mass is 35.5. The molecule has 0 saturated heterocycles. The van der Waals surface area contributed by atoms with Gasteiger partial charge in [0, 0.05) is 12.3 Å². The Morgan fingerprint density at radius 2 is 1.85 bits per heavy atom. The largest absolute Gasteiger partial charge is 0.296 e. The molecule has 0 heterocycles. The van der Waals surface area contributed by atoms with Crippen LogP contribution in [0.15, 0.2) is 30.3 Å². The molecule has 0 aromatic heterocycles. The Labute approximate surface area is 86.7 Å². The monoisotopic (exact) mass is 214 g/mol. The highest BCUT2D eigenvalue weighted by Gasteiger charge is 2.52.